The van der Waals surface area contributed by atoms with Gasteiger partial charge in [-0.25, -0.2) is 0 Å². The predicted octanol–water partition coefficient (Wildman–Crippen LogP) is 2.36. The Morgan fingerprint density at radius 2 is 1.95 bits per heavy atom. The second kappa shape index (κ2) is 5.14. The van der Waals surface area contributed by atoms with Gasteiger partial charge in [0.2, 0.25) is 5.91 Å². The largest absolute Gasteiger partial charge is 0.497 e. The van der Waals surface area contributed by atoms with Crippen molar-refractivity contribution in [2.45, 2.75) is 13.8 Å². The molecule has 0 fully saturated rings. The van der Waals surface area contributed by atoms with Gasteiger partial charge in [-0.1, -0.05) is 12.1 Å². The number of benzene rings is 1. The van der Waals surface area contributed by atoms with Gasteiger partial charge in [-0.3, -0.25) is 9.48 Å². The van der Waals surface area contributed by atoms with Gasteiger partial charge in [-0.2, -0.15) is 5.10 Å². The molecule has 0 saturated heterocycles. The molecule has 1 amide bonds. The second-order valence-corrected chi connectivity index (χ2v) is 4.34. The van der Waals surface area contributed by atoms with Crippen molar-refractivity contribution < 1.29 is 9.53 Å². The lowest BCUT2D eigenvalue weighted by Gasteiger charge is -2.08. The number of hydrogen-bond acceptors (Lipinski definition) is 3. The lowest BCUT2D eigenvalue weighted by molar-refractivity contribution is -0.114. The van der Waals surface area contributed by atoms with E-state index in [1.165, 1.54) is 6.92 Å². The zero-order valence-corrected chi connectivity index (χ0v) is 11.5. The Balaban J connectivity index is 2.50. The molecule has 0 bridgehead atoms. The molecule has 1 N–H and O–H groups in total. The van der Waals surface area contributed by atoms with Crippen LogP contribution in [0.1, 0.15) is 12.6 Å². The van der Waals surface area contributed by atoms with Crippen molar-refractivity contribution in [3.8, 4) is 16.9 Å². The van der Waals surface area contributed by atoms with Gasteiger partial charge in [0.05, 0.1) is 12.8 Å². The van der Waals surface area contributed by atoms with E-state index >= 15 is 0 Å². The smallest absolute Gasteiger partial charge is 0.222 e. The second-order valence-electron chi connectivity index (χ2n) is 4.34. The molecule has 2 aromatic rings. The van der Waals surface area contributed by atoms with Crippen molar-refractivity contribution in [1.29, 1.82) is 0 Å². The van der Waals surface area contributed by atoms with Crippen LogP contribution in [0.5, 0.6) is 5.75 Å². The number of ether oxygens (including phenoxy) is 1. The van der Waals surface area contributed by atoms with Crippen LogP contribution in [-0.2, 0) is 11.8 Å². The Hall–Kier alpha value is -2.30. The number of methoxy groups -OCH3 is 1. The van der Waals surface area contributed by atoms with E-state index in [-0.39, 0.29) is 5.91 Å². The normalized spacial score (nSPS) is 10.3. The van der Waals surface area contributed by atoms with Crippen LogP contribution in [-0.4, -0.2) is 22.8 Å². The molecule has 1 heterocycles. The molecule has 0 aliphatic rings. The van der Waals surface area contributed by atoms with Gasteiger partial charge in [0.15, 0.2) is 0 Å². The highest BCUT2D eigenvalue weighted by atomic mass is 16.5. The topological polar surface area (TPSA) is 56.1 Å². The van der Waals surface area contributed by atoms with Gasteiger partial charge in [0, 0.05) is 19.5 Å². The summed E-state index contributed by atoms with van der Waals surface area (Å²) in [6.07, 6.45) is 0. The molecule has 1 aromatic carbocycles. The molecule has 19 heavy (non-hydrogen) atoms. The first-order chi connectivity index (χ1) is 9.02. The first-order valence-corrected chi connectivity index (χ1v) is 5.98. The summed E-state index contributed by atoms with van der Waals surface area (Å²) < 4.78 is 6.82. The maximum absolute atomic E-state index is 11.3. The fourth-order valence-corrected chi connectivity index (χ4v) is 2.07. The highest BCUT2D eigenvalue weighted by molar-refractivity contribution is 5.93. The number of aromatic nitrogens is 2. The van der Waals surface area contributed by atoms with Gasteiger partial charge in [-0.05, 0) is 24.6 Å². The third-order valence-electron chi connectivity index (χ3n) is 2.90. The summed E-state index contributed by atoms with van der Waals surface area (Å²) in [6.45, 7) is 3.41. The molecular weight excluding hydrogens is 242 g/mol. The molecule has 0 saturated carbocycles. The number of carbonyl (C=O) groups is 1. The third-order valence-corrected chi connectivity index (χ3v) is 2.90. The first-order valence-electron chi connectivity index (χ1n) is 5.98. The van der Waals surface area contributed by atoms with Crippen molar-refractivity contribution in [1.82, 2.24) is 9.78 Å². The lowest BCUT2D eigenvalue weighted by atomic mass is 10.1. The fraction of sp³-hybridized carbons (Fsp3) is 0.286. The fourth-order valence-electron chi connectivity index (χ4n) is 2.07. The first kappa shape index (κ1) is 13.1. The number of amides is 1. The molecule has 5 nitrogen and oxygen atoms in total. The molecule has 2 rings (SSSR count). The molecule has 0 aliphatic carbocycles. The Bertz CT molecular complexity index is 600. The van der Waals surface area contributed by atoms with Gasteiger partial charge in [0.1, 0.15) is 11.6 Å². The van der Waals surface area contributed by atoms with Crippen molar-refractivity contribution in [3.63, 3.8) is 0 Å². The summed E-state index contributed by atoms with van der Waals surface area (Å²) in [6, 6.07) is 7.68. The highest BCUT2D eigenvalue weighted by Gasteiger charge is 2.15. The van der Waals surface area contributed by atoms with E-state index < -0.39 is 0 Å². The van der Waals surface area contributed by atoms with Crippen LogP contribution in [0, 0.1) is 6.92 Å². The maximum Gasteiger partial charge on any atom is 0.222 e. The summed E-state index contributed by atoms with van der Waals surface area (Å²) in [5.74, 6) is 1.39. The number of rotatable bonds is 3. The standard InChI is InChI=1S/C14H17N3O2/c1-9-13(11-5-7-12(19-4)8-6-11)14(15-10(2)18)17(3)16-9/h5-8H,1-4H3,(H,15,18). The summed E-state index contributed by atoms with van der Waals surface area (Å²) in [5, 5.41) is 7.17. The van der Waals surface area contributed by atoms with Crippen molar-refractivity contribution in [2.75, 3.05) is 12.4 Å². The molecule has 0 atom stereocenters. The minimum Gasteiger partial charge on any atom is -0.497 e. The van der Waals surface area contributed by atoms with E-state index in [9.17, 15) is 4.79 Å². The maximum atomic E-state index is 11.3. The van der Waals surface area contributed by atoms with E-state index in [1.54, 1.807) is 11.8 Å². The molecule has 1 aromatic heterocycles. The van der Waals surface area contributed by atoms with Crippen LogP contribution in [0.25, 0.3) is 11.1 Å². The van der Waals surface area contributed by atoms with E-state index in [2.05, 4.69) is 10.4 Å². The summed E-state index contributed by atoms with van der Waals surface area (Å²) in [5.41, 5.74) is 2.80. The van der Waals surface area contributed by atoms with Gasteiger partial charge >= 0.3 is 0 Å². The SMILES string of the molecule is COc1ccc(-c2c(C)nn(C)c2NC(C)=O)cc1. The molecular formula is C14H17N3O2. The van der Waals surface area contributed by atoms with E-state index in [0.717, 1.165) is 22.6 Å². The quantitative estimate of drug-likeness (QED) is 0.920. The van der Waals surface area contributed by atoms with Crippen LogP contribution >= 0.6 is 0 Å². The van der Waals surface area contributed by atoms with E-state index in [4.69, 9.17) is 4.74 Å². The van der Waals surface area contributed by atoms with E-state index in [1.807, 2.05) is 38.2 Å². The Morgan fingerprint density at radius 1 is 1.32 bits per heavy atom. The Kier molecular flexibility index (Phi) is 3.55. The number of nitrogens with zero attached hydrogens (tertiary/aromatic N) is 2. The lowest BCUT2D eigenvalue weighted by Crippen LogP contribution is -2.10. The number of hydrogen-bond donors (Lipinski definition) is 1. The van der Waals surface area contributed by atoms with Crippen LogP contribution in [0.3, 0.4) is 0 Å². The summed E-state index contributed by atoms with van der Waals surface area (Å²) in [7, 11) is 3.44. The number of carbonyl (C=O) groups excluding carboxylic acids is 1. The number of nitrogens with one attached hydrogen (secondary N) is 1. The van der Waals surface area contributed by atoms with Crippen molar-refractivity contribution >= 4 is 11.7 Å². The van der Waals surface area contributed by atoms with Gasteiger partial charge < -0.3 is 10.1 Å². The zero-order valence-electron chi connectivity index (χ0n) is 11.5. The number of aryl methyl sites for hydroxylation is 2. The minimum absolute atomic E-state index is 0.113. The summed E-state index contributed by atoms with van der Waals surface area (Å²) in [4.78, 5) is 11.3. The minimum atomic E-state index is -0.113. The van der Waals surface area contributed by atoms with Crippen LogP contribution in [0.4, 0.5) is 5.82 Å². The molecule has 5 heteroatoms. The van der Waals surface area contributed by atoms with Gasteiger partial charge in [-0.15, -0.1) is 0 Å². The predicted molar refractivity (Wildman–Crippen MR) is 74.2 cm³/mol. The average Bonchev–Trinajstić information content (AvgIpc) is 2.64. The monoisotopic (exact) mass is 259 g/mol. The Morgan fingerprint density at radius 3 is 2.47 bits per heavy atom. The molecule has 0 radical (unpaired) electrons. The highest BCUT2D eigenvalue weighted by Crippen LogP contribution is 2.31. The summed E-state index contributed by atoms with van der Waals surface area (Å²) >= 11 is 0. The van der Waals surface area contributed by atoms with Crippen LogP contribution in [0.2, 0.25) is 0 Å². The molecule has 0 unspecified atom stereocenters. The van der Waals surface area contributed by atoms with Crippen LogP contribution in [0.15, 0.2) is 24.3 Å². The van der Waals surface area contributed by atoms with Crippen molar-refractivity contribution in [2.24, 2.45) is 7.05 Å². The number of anilines is 1. The molecule has 100 valence electrons. The Labute approximate surface area is 112 Å². The van der Waals surface area contributed by atoms with Gasteiger partial charge in [0.25, 0.3) is 0 Å². The molecule has 0 spiro atoms. The zero-order chi connectivity index (χ0) is 14.0. The van der Waals surface area contributed by atoms with Crippen molar-refractivity contribution in [3.05, 3.63) is 30.0 Å². The average molecular weight is 259 g/mol. The third kappa shape index (κ3) is 2.59. The van der Waals surface area contributed by atoms with Crippen LogP contribution < -0.4 is 10.1 Å². The van der Waals surface area contributed by atoms with E-state index in [0.29, 0.717) is 5.82 Å². The molecule has 0 aliphatic heterocycles.